The smallest absolute Gasteiger partial charge is 0.363 e. The predicted molar refractivity (Wildman–Crippen MR) is 118 cm³/mol. The largest absolute Gasteiger partial charge is 0.416 e. The fourth-order valence-electron chi connectivity index (χ4n) is 3.66. The summed E-state index contributed by atoms with van der Waals surface area (Å²) in [7, 11) is 0. The number of carbonyl (C=O) groups excluding carboxylic acids is 1. The first-order valence-electron chi connectivity index (χ1n) is 10.3. The van der Waals surface area contributed by atoms with Crippen LogP contribution < -0.4 is 10.2 Å². The molecule has 1 aliphatic rings. The summed E-state index contributed by atoms with van der Waals surface area (Å²) in [6, 6.07) is 6.68. The van der Waals surface area contributed by atoms with Crippen LogP contribution in [-0.4, -0.2) is 53.4 Å². The maximum atomic E-state index is 12.9. The minimum atomic E-state index is -4.67. The number of alkyl halides is 3. The first-order valence-corrected chi connectivity index (χ1v) is 10.3. The molecule has 0 aliphatic carbocycles. The first-order chi connectivity index (χ1) is 16.0. The molecule has 182 valence electrons. The number of carbonyl (C=O) groups is 1. The standard InChI is InChI=1S/C21H22F3N5O5/c1-14-2-4-16(28(31)32)13-17(14)25-20(30)6-7-26-8-10-27(11-9-26)18-5-3-15(21(22,23)24)12-19(18)29(33)34/h2-5,12-13H,6-11H2,1H3,(H,25,30). The van der Waals surface area contributed by atoms with E-state index in [4.69, 9.17) is 0 Å². The summed E-state index contributed by atoms with van der Waals surface area (Å²) in [5, 5.41) is 24.9. The minimum absolute atomic E-state index is 0.122. The van der Waals surface area contributed by atoms with Gasteiger partial charge in [-0.1, -0.05) is 6.07 Å². The highest BCUT2D eigenvalue weighted by Crippen LogP contribution is 2.36. The van der Waals surface area contributed by atoms with E-state index in [2.05, 4.69) is 5.32 Å². The van der Waals surface area contributed by atoms with Gasteiger partial charge in [0, 0.05) is 57.3 Å². The molecular weight excluding hydrogens is 459 g/mol. The number of anilines is 2. The van der Waals surface area contributed by atoms with Crippen LogP contribution in [0.4, 0.5) is 35.9 Å². The number of aryl methyl sites for hydroxylation is 1. The van der Waals surface area contributed by atoms with Crippen LogP contribution in [0.1, 0.15) is 17.5 Å². The Hall–Kier alpha value is -3.74. The van der Waals surface area contributed by atoms with E-state index in [0.717, 1.165) is 12.1 Å². The van der Waals surface area contributed by atoms with Crippen LogP contribution in [0.3, 0.4) is 0 Å². The molecule has 2 aromatic carbocycles. The Morgan fingerprint density at radius 2 is 1.71 bits per heavy atom. The van der Waals surface area contributed by atoms with Gasteiger partial charge in [-0.2, -0.15) is 13.2 Å². The normalized spacial score (nSPS) is 14.6. The molecule has 1 N–H and O–H groups in total. The molecule has 0 unspecified atom stereocenters. The van der Waals surface area contributed by atoms with E-state index in [-0.39, 0.29) is 23.7 Å². The van der Waals surface area contributed by atoms with E-state index < -0.39 is 27.3 Å². The van der Waals surface area contributed by atoms with E-state index in [1.54, 1.807) is 17.9 Å². The van der Waals surface area contributed by atoms with Crippen LogP contribution in [0.25, 0.3) is 0 Å². The quantitative estimate of drug-likeness (QED) is 0.469. The number of benzene rings is 2. The number of piperazine rings is 1. The molecule has 1 amide bonds. The van der Waals surface area contributed by atoms with Crippen molar-refractivity contribution >= 4 is 28.7 Å². The molecule has 1 fully saturated rings. The van der Waals surface area contributed by atoms with Crippen LogP contribution in [0.2, 0.25) is 0 Å². The third-order valence-corrected chi connectivity index (χ3v) is 5.57. The van der Waals surface area contributed by atoms with Gasteiger partial charge in [0.25, 0.3) is 11.4 Å². The SMILES string of the molecule is Cc1ccc([N+](=O)[O-])cc1NC(=O)CCN1CCN(c2ccc(C(F)(F)F)cc2[N+](=O)[O-])CC1. The lowest BCUT2D eigenvalue weighted by Gasteiger charge is -2.35. The monoisotopic (exact) mass is 481 g/mol. The Kier molecular flexibility index (Phi) is 7.35. The van der Waals surface area contributed by atoms with Crippen LogP contribution in [0.15, 0.2) is 36.4 Å². The lowest BCUT2D eigenvalue weighted by Crippen LogP contribution is -2.47. The van der Waals surface area contributed by atoms with Gasteiger partial charge in [0.2, 0.25) is 5.91 Å². The van der Waals surface area contributed by atoms with E-state index in [1.807, 2.05) is 4.90 Å². The minimum Gasteiger partial charge on any atom is -0.363 e. The second-order valence-electron chi connectivity index (χ2n) is 7.84. The molecule has 0 aromatic heterocycles. The summed E-state index contributed by atoms with van der Waals surface area (Å²) in [6.07, 6.45) is -4.55. The third-order valence-electron chi connectivity index (χ3n) is 5.57. The Balaban J connectivity index is 1.56. The number of non-ortho nitro benzene ring substituents is 1. The molecule has 0 bridgehead atoms. The summed E-state index contributed by atoms with van der Waals surface area (Å²) in [5.74, 6) is -0.315. The van der Waals surface area contributed by atoms with E-state index in [1.165, 1.54) is 12.1 Å². The van der Waals surface area contributed by atoms with Crippen molar-refractivity contribution in [2.45, 2.75) is 19.5 Å². The zero-order chi connectivity index (χ0) is 25.0. The van der Waals surface area contributed by atoms with Crippen LogP contribution in [-0.2, 0) is 11.0 Å². The van der Waals surface area contributed by atoms with Gasteiger partial charge in [-0.15, -0.1) is 0 Å². The lowest BCUT2D eigenvalue weighted by atomic mass is 10.1. The van der Waals surface area contributed by atoms with Gasteiger partial charge in [-0.3, -0.25) is 29.9 Å². The molecule has 0 radical (unpaired) electrons. The Labute approximate surface area is 192 Å². The molecule has 34 heavy (non-hydrogen) atoms. The number of hydrogen-bond acceptors (Lipinski definition) is 7. The number of halogens is 3. The van der Waals surface area contributed by atoms with Crippen LogP contribution in [0.5, 0.6) is 0 Å². The van der Waals surface area contributed by atoms with Crippen molar-refractivity contribution < 1.29 is 27.8 Å². The summed E-state index contributed by atoms with van der Waals surface area (Å²) in [5.41, 5.74) is -0.642. The van der Waals surface area contributed by atoms with Crippen molar-refractivity contribution in [3.8, 4) is 0 Å². The average molecular weight is 481 g/mol. The van der Waals surface area contributed by atoms with Crippen molar-refractivity contribution in [2.24, 2.45) is 0 Å². The van der Waals surface area contributed by atoms with Gasteiger partial charge in [0.05, 0.1) is 21.1 Å². The Morgan fingerprint density at radius 1 is 1.03 bits per heavy atom. The van der Waals surface area contributed by atoms with Gasteiger partial charge in [-0.25, -0.2) is 0 Å². The molecule has 2 aromatic rings. The van der Waals surface area contributed by atoms with Crippen molar-refractivity contribution in [1.29, 1.82) is 0 Å². The number of nitro groups is 2. The molecule has 1 heterocycles. The van der Waals surface area contributed by atoms with Crippen LogP contribution in [0, 0.1) is 27.2 Å². The van der Waals surface area contributed by atoms with Gasteiger partial charge >= 0.3 is 6.18 Å². The van der Waals surface area contributed by atoms with Gasteiger partial charge < -0.3 is 10.2 Å². The highest BCUT2D eigenvalue weighted by atomic mass is 19.4. The molecule has 1 saturated heterocycles. The first kappa shape index (κ1) is 24.9. The highest BCUT2D eigenvalue weighted by molar-refractivity contribution is 5.92. The maximum absolute atomic E-state index is 12.9. The molecule has 10 nitrogen and oxygen atoms in total. The molecule has 0 atom stereocenters. The fraction of sp³-hybridized carbons (Fsp3) is 0.381. The van der Waals surface area contributed by atoms with Gasteiger partial charge in [0.1, 0.15) is 5.69 Å². The summed E-state index contributed by atoms with van der Waals surface area (Å²) < 4.78 is 38.7. The Morgan fingerprint density at radius 3 is 2.29 bits per heavy atom. The van der Waals surface area contributed by atoms with Crippen molar-refractivity contribution in [3.63, 3.8) is 0 Å². The number of hydrogen-bond donors (Lipinski definition) is 1. The van der Waals surface area contributed by atoms with Gasteiger partial charge in [-0.05, 0) is 24.6 Å². The number of amides is 1. The zero-order valence-electron chi connectivity index (χ0n) is 18.2. The molecular formula is C21H22F3N5O5. The second-order valence-corrected chi connectivity index (χ2v) is 7.84. The fourth-order valence-corrected chi connectivity index (χ4v) is 3.66. The summed E-state index contributed by atoms with van der Waals surface area (Å²) in [4.78, 5) is 36.8. The summed E-state index contributed by atoms with van der Waals surface area (Å²) in [6.45, 7) is 3.72. The number of nitrogens with zero attached hydrogens (tertiary/aromatic N) is 4. The number of nitrogens with one attached hydrogen (secondary N) is 1. The lowest BCUT2D eigenvalue weighted by molar-refractivity contribution is -0.384. The molecule has 13 heteroatoms. The highest BCUT2D eigenvalue weighted by Gasteiger charge is 2.34. The Bertz CT molecular complexity index is 1100. The maximum Gasteiger partial charge on any atom is 0.416 e. The number of rotatable bonds is 7. The third kappa shape index (κ3) is 5.98. The second kappa shape index (κ2) is 10.0. The zero-order valence-corrected chi connectivity index (χ0v) is 18.2. The van der Waals surface area contributed by atoms with Crippen molar-refractivity contribution in [1.82, 2.24) is 4.90 Å². The molecule has 0 spiro atoms. The van der Waals surface area contributed by atoms with Crippen molar-refractivity contribution in [3.05, 3.63) is 67.8 Å². The van der Waals surface area contributed by atoms with E-state index in [0.29, 0.717) is 50.0 Å². The molecule has 1 aliphatic heterocycles. The van der Waals surface area contributed by atoms with E-state index in [9.17, 15) is 38.2 Å². The van der Waals surface area contributed by atoms with Crippen LogP contribution >= 0.6 is 0 Å². The summed E-state index contributed by atoms with van der Waals surface area (Å²) >= 11 is 0. The predicted octanol–water partition coefficient (Wildman–Crippen LogP) is 3.98. The molecule has 3 rings (SSSR count). The van der Waals surface area contributed by atoms with Crippen molar-refractivity contribution in [2.75, 3.05) is 42.9 Å². The number of nitro benzene ring substituents is 2. The topological polar surface area (TPSA) is 122 Å². The van der Waals surface area contributed by atoms with E-state index >= 15 is 0 Å². The molecule has 0 saturated carbocycles. The van der Waals surface area contributed by atoms with Gasteiger partial charge in [0.15, 0.2) is 0 Å². The average Bonchev–Trinajstić information content (AvgIpc) is 2.78.